The van der Waals surface area contributed by atoms with Crippen LogP contribution in [0, 0.1) is 6.92 Å². The molecule has 4 heteroatoms. The van der Waals surface area contributed by atoms with Crippen LogP contribution in [0.4, 0.5) is 0 Å². The highest BCUT2D eigenvalue weighted by Crippen LogP contribution is 2.10. The molecule has 1 unspecified atom stereocenters. The Kier molecular flexibility index (Phi) is 3.77. The third-order valence-electron chi connectivity index (χ3n) is 2.61. The maximum absolute atomic E-state index is 4.35. The van der Waals surface area contributed by atoms with E-state index in [1.807, 2.05) is 25.3 Å². The number of pyridine rings is 1. The van der Waals surface area contributed by atoms with Crippen molar-refractivity contribution in [3.63, 3.8) is 0 Å². The van der Waals surface area contributed by atoms with Crippen LogP contribution >= 0.6 is 0 Å². The Morgan fingerprint density at radius 1 is 1.29 bits per heavy atom. The fraction of sp³-hybridized carbons (Fsp3) is 0.308. The molecule has 0 aliphatic heterocycles. The van der Waals surface area contributed by atoms with Gasteiger partial charge in [-0.05, 0) is 31.5 Å². The zero-order valence-electron chi connectivity index (χ0n) is 10.1. The Labute approximate surface area is 101 Å². The van der Waals surface area contributed by atoms with Crippen molar-refractivity contribution in [1.29, 1.82) is 0 Å². The standard InChI is InChI=1S/C13H16N4/c1-10(12-4-3-6-14-8-12)16-9-13-5-7-15-11(2)17-13/h3-8,10,16H,9H2,1-2H3. The normalized spacial score (nSPS) is 12.4. The number of aromatic nitrogens is 3. The van der Waals surface area contributed by atoms with Gasteiger partial charge in [-0.15, -0.1) is 0 Å². The summed E-state index contributed by atoms with van der Waals surface area (Å²) < 4.78 is 0. The molecule has 0 aliphatic carbocycles. The molecule has 0 spiro atoms. The monoisotopic (exact) mass is 228 g/mol. The predicted octanol–water partition coefficient (Wildman–Crippen LogP) is 2.03. The predicted molar refractivity (Wildman–Crippen MR) is 66.3 cm³/mol. The minimum Gasteiger partial charge on any atom is -0.305 e. The van der Waals surface area contributed by atoms with E-state index in [0.29, 0.717) is 0 Å². The molecule has 0 amide bonds. The number of nitrogens with zero attached hydrogens (tertiary/aromatic N) is 3. The summed E-state index contributed by atoms with van der Waals surface area (Å²) in [4.78, 5) is 12.5. The number of nitrogens with one attached hydrogen (secondary N) is 1. The zero-order valence-corrected chi connectivity index (χ0v) is 10.1. The van der Waals surface area contributed by atoms with Gasteiger partial charge >= 0.3 is 0 Å². The van der Waals surface area contributed by atoms with E-state index in [-0.39, 0.29) is 6.04 Å². The molecule has 17 heavy (non-hydrogen) atoms. The van der Waals surface area contributed by atoms with E-state index in [9.17, 15) is 0 Å². The lowest BCUT2D eigenvalue weighted by molar-refractivity contribution is 0.564. The van der Waals surface area contributed by atoms with Crippen molar-refractivity contribution >= 4 is 0 Å². The Morgan fingerprint density at radius 3 is 2.88 bits per heavy atom. The summed E-state index contributed by atoms with van der Waals surface area (Å²) in [5.41, 5.74) is 2.19. The van der Waals surface area contributed by atoms with Crippen molar-refractivity contribution in [2.75, 3.05) is 0 Å². The summed E-state index contributed by atoms with van der Waals surface area (Å²) in [5, 5.41) is 3.41. The topological polar surface area (TPSA) is 50.7 Å². The second-order valence-electron chi connectivity index (χ2n) is 3.98. The molecule has 0 aliphatic rings. The fourth-order valence-corrected chi connectivity index (χ4v) is 1.61. The summed E-state index contributed by atoms with van der Waals surface area (Å²) >= 11 is 0. The first-order valence-corrected chi connectivity index (χ1v) is 5.67. The molecule has 0 saturated heterocycles. The highest BCUT2D eigenvalue weighted by atomic mass is 14.9. The highest BCUT2D eigenvalue weighted by molar-refractivity contribution is 5.13. The molecule has 0 aromatic carbocycles. The zero-order chi connectivity index (χ0) is 12.1. The van der Waals surface area contributed by atoms with Crippen LogP contribution in [0.15, 0.2) is 36.8 Å². The van der Waals surface area contributed by atoms with Gasteiger partial charge < -0.3 is 5.32 Å². The van der Waals surface area contributed by atoms with Crippen molar-refractivity contribution in [2.45, 2.75) is 26.4 Å². The van der Waals surface area contributed by atoms with Crippen molar-refractivity contribution in [3.05, 3.63) is 53.9 Å². The molecule has 2 heterocycles. The Hall–Kier alpha value is -1.81. The first-order chi connectivity index (χ1) is 8.25. The summed E-state index contributed by atoms with van der Waals surface area (Å²) in [5.74, 6) is 0.804. The molecule has 0 radical (unpaired) electrons. The number of aryl methyl sites for hydroxylation is 1. The summed E-state index contributed by atoms with van der Waals surface area (Å²) in [7, 11) is 0. The van der Waals surface area contributed by atoms with E-state index in [2.05, 4.69) is 33.3 Å². The van der Waals surface area contributed by atoms with Crippen LogP contribution in [0.2, 0.25) is 0 Å². The molecule has 0 fully saturated rings. The first-order valence-electron chi connectivity index (χ1n) is 5.67. The molecule has 2 aromatic heterocycles. The van der Waals surface area contributed by atoms with Gasteiger partial charge in [-0.3, -0.25) is 4.98 Å². The van der Waals surface area contributed by atoms with Gasteiger partial charge in [0.2, 0.25) is 0 Å². The van der Waals surface area contributed by atoms with Crippen LogP contribution in [0.1, 0.15) is 30.0 Å². The van der Waals surface area contributed by atoms with Gasteiger partial charge in [0, 0.05) is 31.2 Å². The van der Waals surface area contributed by atoms with Gasteiger partial charge in [-0.2, -0.15) is 0 Å². The maximum Gasteiger partial charge on any atom is 0.125 e. The first kappa shape index (κ1) is 11.7. The molecule has 2 aromatic rings. The third kappa shape index (κ3) is 3.32. The highest BCUT2D eigenvalue weighted by Gasteiger charge is 2.04. The minimum atomic E-state index is 0.263. The molecule has 4 nitrogen and oxygen atoms in total. The van der Waals surface area contributed by atoms with Gasteiger partial charge in [0.1, 0.15) is 5.82 Å². The molecule has 0 saturated carbocycles. The molecular weight excluding hydrogens is 212 g/mol. The lowest BCUT2D eigenvalue weighted by atomic mass is 10.1. The number of hydrogen-bond acceptors (Lipinski definition) is 4. The molecular formula is C13H16N4. The van der Waals surface area contributed by atoms with Gasteiger partial charge in [0.25, 0.3) is 0 Å². The minimum absolute atomic E-state index is 0.263. The van der Waals surface area contributed by atoms with Crippen LogP contribution in [0.5, 0.6) is 0 Å². The van der Waals surface area contributed by atoms with Crippen molar-refractivity contribution in [1.82, 2.24) is 20.3 Å². The number of hydrogen-bond donors (Lipinski definition) is 1. The summed E-state index contributed by atoms with van der Waals surface area (Å²) in [6.07, 6.45) is 5.45. The quantitative estimate of drug-likeness (QED) is 0.870. The second kappa shape index (κ2) is 5.50. The third-order valence-corrected chi connectivity index (χ3v) is 2.61. The van der Waals surface area contributed by atoms with E-state index >= 15 is 0 Å². The van der Waals surface area contributed by atoms with Gasteiger partial charge in [0.15, 0.2) is 0 Å². The molecule has 88 valence electrons. The van der Waals surface area contributed by atoms with Crippen molar-refractivity contribution < 1.29 is 0 Å². The molecule has 0 bridgehead atoms. The van der Waals surface area contributed by atoms with E-state index in [0.717, 1.165) is 18.1 Å². The second-order valence-corrected chi connectivity index (χ2v) is 3.98. The van der Waals surface area contributed by atoms with Crippen molar-refractivity contribution in [2.24, 2.45) is 0 Å². The Bertz CT molecular complexity index is 470. The van der Waals surface area contributed by atoms with Crippen LogP contribution in [0.3, 0.4) is 0 Å². The van der Waals surface area contributed by atoms with E-state index in [1.165, 1.54) is 5.56 Å². The van der Waals surface area contributed by atoms with E-state index in [1.54, 1.807) is 12.4 Å². The van der Waals surface area contributed by atoms with Crippen LogP contribution < -0.4 is 5.32 Å². The van der Waals surface area contributed by atoms with Gasteiger partial charge in [0.05, 0.1) is 5.69 Å². The van der Waals surface area contributed by atoms with Crippen LogP contribution in [0.25, 0.3) is 0 Å². The molecule has 1 atom stereocenters. The van der Waals surface area contributed by atoms with Crippen molar-refractivity contribution in [3.8, 4) is 0 Å². The molecule has 1 N–H and O–H groups in total. The Balaban J connectivity index is 1.95. The fourth-order valence-electron chi connectivity index (χ4n) is 1.61. The van der Waals surface area contributed by atoms with E-state index < -0.39 is 0 Å². The maximum atomic E-state index is 4.35. The smallest absolute Gasteiger partial charge is 0.125 e. The van der Waals surface area contributed by atoms with Gasteiger partial charge in [-0.1, -0.05) is 6.07 Å². The summed E-state index contributed by atoms with van der Waals surface area (Å²) in [6, 6.07) is 6.20. The largest absolute Gasteiger partial charge is 0.305 e. The average Bonchev–Trinajstić information content (AvgIpc) is 2.37. The van der Waals surface area contributed by atoms with Gasteiger partial charge in [-0.25, -0.2) is 9.97 Å². The van der Waals surface area contributed by atoms with E-state index in [4.69, 9.17) is 0 Å². The lowest BCUT2D eigenvalue weighted by Gasteiger charge is -2.13. The Morgan fingerprint density at radius 2 is 2.18 bits per heavy atom. The summed E-state index contributed by atoms with van der Waals surface area (Å²) in [6.45, 7) is 4.75. The molecule has 2 rings (SSSR count). The lowest BCUT2D eigenvalue weighted by Crippen LogP contribution is -2.19. The average molecular weight is 228 g/mol. The SMILES string of the molecule is Cc1nccc(CNC(C)c2cccnc2)n1. The van der Waals surface area contributed by atoms with Crippen LogP contribution in [-0.4, -0.2) is 15.0 Å². The van der Waals surface area contributed by atoms with Crippen LogP contribution in [-0.2, 0) is 6.54 Å². The number of rotatable bonds is 4.